The normalized spacial score (nSPS) is 16.1. The Labute approximate surface area is 257 Å². The molecule has 3 amide bonds. The van der Waals surface area contributed by atoms with E-state index in [9.17, 15) is 9.59 Å². The molecule has 0 aromatic heterocycles. The number of nitrogens with zero attached hydrogens (tertiary/aromatic N) is 3. The van der Waals surface area contributed by atoms with Gasteiger partial charge < -0.3 is 44.7 Å². The van der Waals surface area contributed by atoms with Crippen LogP contribution in [-0.2, 0) is 16.0 Å². The summed E-state index contributed by atoms with van der Waals surface area (Å²) in [5, 5.41) is 3.15. The van der Waals surface area contributed by atoms with Crippen LogP contribution in [0.25, 0.3) is 11.1 Å². The van der Waals surface area contributed by atoms with Crippen LogP contribution in [0.4, 0.5) is 16.2 Å². The van der Waals surface area contributed by atoms with Crippen molar-refractivity contribution in [2.75, 3.05) is 82.7 Å². The third-order valence-electron chi connectivity index (χ3n) is 8.05. The van der Waals surface area contributed by atoms with E-state index in [2.05, 4.69) is 28.4 Å². The van der Waals surface area contributed by atoms with E-state index < -0.39 is 0 Å². The predicted octanol–water partition coefficient (Wildman–Crippen LogP) is 3.77. The monoisotopic (exact) mass is 601 g/mol. The molecule has 6 rings (SSSR count). The fourth-order valence-corrected chi connectivity index (χ4v) is 5.68. The molecule has 3 aromatic carbocycles. The van der Waals surface area contributed by atoms with Crippen LogP contribution in [0.1, 0.15) is 22.3 Å². The highest BCUT2D eigenvalue weighted by Crippen LogP contribution is 2.35. The van der Waals surface area contributed by atoms with Gasteiger partial charge in [0.05, 0.1) is 37.8 Å². The number of rotatable bonds is 9. The third kappa shape index (κ3) is 6.91. The average molecular weight is 602 g/mol. The number of morpholine rings is 2. The summed E-state index contributed by atoms with van der Waals surface area (Å²) >= 11 is 0. The molecule has 0 bridgehead atoms. The van der Waals surface area contributed by atoms with Gasteiger partial charge in [-0.1, -0.05) is 24.3 Å². The molecule has 0 unspecified atom stereocenters. The van der Waals surface area contributed by atoms with Gasteiger partial charge in [0.15, 0.2) is 11.5 Å². The number of benzene rings is 3. The fourth-order valence-electron chi connectivity index (χ4n) is 5.68. The fraction of sp³-hybridized carbons (Fsp3) is 0.394. The number of fused-ring (bicyclic) bond motifs is 1. The molecule has 0 aliphatic carbocycles. The van der Waals surface area contributed by atoms with Crippen molar-refractivity contribution in [2.45, 2.75) is 13.0 Å². The molecule has 3 aromatic rings. The summed E-state index contributed by atoms with van der Waals surface area (Å²) in [6.45, 7) is 6.74. The largest absolute Gasteiger partial charge is 0.454 e. The first-order chi connectivity index (χ1) is 21.6. The highest BCUT2D eigenvalue weighted by atomic mass is 16.7. The lowest BCUT2D eigenvalue weighted by Crippen LogP contribution is -2.48. The molecule has 3 aliphatic heterocycles. The molecule has 232 valence electrons. The molecule has 0 spiro atoms. The van der Waals surface area contributed by atoms with Crippen molar-refractivity contribution in [3.8, 4) is 22.6 Å². The van der Waals surface area contributed by atoms with E-state index in [0.29, 0.717) is 81.9 Å². The molecule has 11 heteroatoms. The molecule has 3 N–H and O–H groups in total. The molecule has 3 heterocycles. The number of ether oxygens (including phenoxy) is 4. The molecule has 0 saturated carbocycles. The minimum Gasteiger partial charge on any atom is -0.454 e. The molecule has 3 aliphatic rings. The smallest absolute Gasteiger partial charge is 0.320 e. The number of carbonyl (C=O) groups excluding carboxylic acids is 2. The maximum absolute atomic E-state index is 13.4. The Morgan fingerprint density at radius 2 is 1.59 bits per heavy atom. The average Bonchev–Trinajstić information content (AvgIpc) is 3.55. The second-order valence-electron chi connectivity index (χ2n) is 11.0. The number of anilines is 2. The second kappa shape index (κ2) is 14.0. The van der Waals surface area contributed by atoms with Crippen LogP contribution in [0.15, 0.2) is 60.7 Å². The second-order valence-corrected chi connectivity index (χ2v) is 11.0. The highest BCUT2D eigenvalue weighted by molar-refractivity contribution is 6.06. The molecule has 11 nitrogen and oxygen atoms in total. The summed E-state index contributed by atoms with van der Waals surface area (Å²) in [6.07, 6.45) is 0.727. The van der Waals surface area contributed by atoms with Gasteiger partial charge >= 0.3 is 6.03 Å². The quantitative estimate of drug-likeness (QED) is 0.381. The topological polar surface area (TPSA) is 119 Å². The van der Waals surface area contributed by atoms with E-state index in [4.69, 9.17) is 24.7 Å². The number of urea groups is 1. The van der Waals surface area contributed by atoms with E-state index in [1.807, 2.05) is 34.1 Å². The lowest BCUT2D eigenvalue weighted by Gasteiger charge is -2.33. The van der Waals surface area contributed by atoms with Gasteiger partial charge in [0.1, 0.15) is 0 Å². The van der Waals surface area contributed by atoms with Gasteiger partial charge in [-0.2, -0.15) is 0 Å². The Kier molecular flexibility index (Phi) is 9.45. The number of hydrogen-bond donors (Lipinski definition) is 2. The van der Waals surface area contributed by atoms with Crippen molar-refractivity contribution in [2.24, 2.45) is 5.73 Å². The van der Waals surface area contributed by atoms with Gasteiger partial charge in [-0.3, -0.25) is 4.79 Å². The molecule has 2 fully saturated rings. The highest BCUT2D eigenvalue weighted by Gasteiger charge is 2.24. The van der Waals surface area contributed by atoms with Crippen LogP contribution in [0.5, 0.6) is 11.5 Å². The van der Waals surface area contributed by atoms with Crippen molar-refractivity contribution in [3.63, 3.8) is 0 Å². The predicted molar refractivity (Wildman–Crippen MR) is 167 cm³/mol. The Balaban J connectivity index is 1.26. The molecular formula is C33H39N5O6. The summed E-state index contributed by atoms with van der Waals surface area (Å²) in [5.41, 5.74) is 10.9. The van der Waals surface area contributed by atoms with E-state index in [-0.39, 0.29) is 18.7 Å². The zero-order chi connectivity index (χ0) is 30.3. The van der Waals surface area contributed by atoms with Crippen molar-refractivity contribution in [1.82, 2.24) is 9.80 Å². The van der Waals surface area contributed by atoms with E-state index in [1.165, 1.54) is 0 Å². The van der Waals surface area contributed by atoms with E-state index in [1.54, 1.807) is 18.2 Å². The van der Waals surface area contributed by atoms with Crippen molar-refractivity contribution in [1.29, 1.82) is 0 Å². The Morgan fingerprint density at radius 1 is 0.841 bits per heavy atom. The van der Waals surface area contributed by atoms with Crippen molar-refractivity contribution < 1.29 is 28.5 Å². The van der Waals surface area contributed by atoms with E-state index in [0.717, 1.165) is 41.9 Å². The van der Waals surface area contributed by atoms with Crippen LogP contribution < -0.4 is 25.4 Å². The van der Waals surface area contributed by atoms with Gasteiger partial charge in [0.25, 0.3) is 5.91 Å². The summed E-state index contributed by atoms with van der Waals surface area (Å²) in [5.74, 6) is 0.954. The number of carbonyl (C=O) groups is 2. The SMILES string of the molecule is NCCCN(Cc1cccc(-c2ccc(N3CCOCC3)c(NC(=O)c3ccc4c(c3)OCO4)c2)c1)C(=O)N1CCOCC1. The first kappa shape index (κ1) is 29.7. The number of amides is 3. The minimum absolute atomic E-state index is 0.00975. The minimum atomic E-state index is -0.235. The van der Waals surface area contributed by atoms with E-state index >= 15 is 0 Å². The first-order valence-corrected chi connectivity index (χ1v) is 15.2. The third-order valence-corrected chi connectivity index (χ3v) is 8.05. The van der Waals surface area contributed by atoms with Crippen LogP contribution >= 0.6 is 0 Å². The summed E-state index contributed by atoms with van der Waals surface area (Å²) in [4.78, 5) is 32.8. The van der Waals surface area contributed by atoms with Crippen LogP contribution in [-0.4, -0.2) is 94.2 Å². The molecule has 44 heavy (non-hydrogen) atoms. The zero-order valence-electron chi connectivity index (χ0n) is 24.8. The number of hydrogen-bond acceptors (Lipinski definition) is 8. The van der Waals surface area contributed by atoms with Crippen LogP contribution in [0.2, 0.25) is 0 Å². The molecule has 0 radical (unpaired) electrons. The maximum Gasteiger partial charge on any atom is 0.320 e. The van der Waals surface area contributed by atoms with Gasteiger partial charge in [0, 0.05) is 44.8 Å². The molecule has 0 atom stereocenters. The zero-order valence-corrected chi connectivity index (χ0v) is 24.8. The summed E-state index contributed by atoms with van der Waals surface area (Å²) in [7, 11) is 0. The summed E-state index contributed by atoms with van der Waals surface area (Å²) < 4.78 is 21.9. The van der Waals surface area contributed by atoms with Crippen molar-refractivity contribution in [3.05, 3.63) is 71.8 Å². The lowest BCUT2D eigenvalue weighted by atomic mass is 10.0. The molecule has 2 saturated heterocycles. The number of nitrogens with two attached hydrogens (primary N) is 1. The first-order valence-electron chi connectivity index (χ1n) is 15.2. The molecular weight excluding hydrogens is 562 g/mol. The van der Waals surface area contributed by atoms with Gasteiger partial charge in [-0.15, -0.1) is 0 Å². The van der Waals surface area contributed by atoms with Gasteiger partial charge in [0.2, 0.25) is 6.79 Å². The Bertz CT molecular complexity index is 1470. The summed E-state index contributed by atoms with van der Waals surface area (Å²) in [6, 6.07) is 19.5. The van der Waals surface area contributed by atoms with Crippen molar-refractivity contribution >= 4 is 23.3 Å². The van der Waals surface area contributed by atoms with Gasteiger partial charge in [-0.05, 0) is 66.1 Å². The lowest BCUT2D eigenvalue weighted by molar-refractivity contribution is 0.0425. The van der Waals surface area contributed by atoms with Crippen LogP contribution in [0, 0.1) is 0 Å². The standard InChI is InChI=1S/C33H39N5O6/c34-9-2-10-38(33(40)37-13-17-42-18-14-37)22-24-3-1-4-25(19-24)26-5-7-29(36-11-15-41-16-12-36)28(20-26)35-32(39)27-6-8-30-31(21-27)44-23-43-30/h1,3-8,19-21H,2,9-18,22-23,34H2,(H,35,39). The van der Waals surface area contributed by atoms with Gasteiger partial charge in [-0.25, -0.2) is 4.79 Å². The Hall–Kier alpha value is -4.32. The number of nitrogens with one attached hydrogen (secondary N) is 1. The van der Waals surface area contributed by atoms with Crippen LogP contribution in [0.3, 0.4) is 0 Å². The maximum atomic E-state index is 13.4. The Morgan fingerprint density at radius 3 is 2.39 bits per heavy atom.